The lowest BCUT2D eigenvalue weighted by molar-refractivity contribution is -0.129. The minimum absolute atomic E-state index is 0.160. The van der Waals surface area contributed by atoms with Gasteiger partial charge in [0.2, 0.25) is 0 Å². The summed E-state index contributed by atoms with van der Waals surface area (Å²) >= 11 is 0. The summed E-state index contributed by atoms with van der Waals surface area (Å²) in [6.45, 7) is -0.514. The van der Waals surface area contributed by atoms with Crippen molar-refractivity contribution >= 4 is 0 Å². The van der Waals surface area contributed by atoms with Crippen LogP contribution >= 0.6 is 0 Å². The first-order chi connectivity index (χ1) is 12.2. The van der Waals surface area contributed by atoms with Crippen LogP contribution in [0.5, 0.6) is 0 Å². The Labute approximate surface area is 148 Å². The van der Waals surface area contributed by atoms with Gasteiger partial charge in [0.15, 0.2) is 0 Å². The summed E-state index contributed by atoms with van der Waals surface area (Å²) < 4.78 is 16.6. The molecule has 0 N–H and O–H groups in total. The minimum Gasteiger partial charge on any atom is -0.361 e. The summed E-state index contributed by atoms with van der Waals surface area (Å²) in [7, 11) is 0. The third kappa shape index (κ3) is 10.7. The van der Waals surface area contributed by atoms with Gasteiger partial charge in [-0.15, -0.1) is 0 Å². The number of rotatable bonds is 14. The average molecular weight is 343 g/mol. The fourth-order valence-electron chi connectivity index (χ4n) is 2.33. The van der Waals surface area contributed by atoms with Crippen LogP contribution in [0.3, 0.4) is 0 Å². The van der Waals surface area contributed by atoms with E-state index in [1.165, 1.54) is 0 Å². The van der Waals surface area contributed by atoms with Gasteiger partial charge in [0.25, 0.3) is 0 Å². The number of unbranched alkanes of at least 4 members (excludes halogenated alkanes) is 2. The monoisotopic (exact) mass is 343 g/mol. The molecule has 25 heavy (non-hydrogen) atoms. The number of nitriles is 5. The fraction of sp³-hybridized carbons (Fsp3) is 0.706. The molecule has 2 unspecified atom stereocenters. The van der Waals surface area contributed by atoms with E-state index in [1.807, 2.05) is 30.3 Å². The smallest absolute Gasteiger partial charge is 0.134 e. The lowest BCUT2D eigenvalue weighted by atomic mass is 9.98. The molecule has 8 heteroatoms. The number of hydrogen-bond acceptors (Lipinski definition) is 8. The first-order valence-electron chi connectivity index (χ1n) is 7.94. The Morgan fingerprint density at radius 3 is 1.32 bits per heavy atom. The van der Waals surface area contributed by atoms with Gasteiger partial charge in [-0.05, 0) is 25.7 Å². The van der Waals surface area contributed by atoms with E-state index in [0.29, 0.717) is 38.5 Å². The van der Waals surface area contributed by atoms with Crippen LogP contribution in [0.2, 0.25) is 0 Å². The highest BCUT2D eigenvalue weighted by molar-refractivity contribution is 4.86. The van der Waals surface area contributed by atoms with Gasteiger partial charge in [-0.2, -0.15) is 26.3 Å². The molecule has 0 amide bonds. The Morgan fingerprint density at radius 1 is 0.560 bits per heavy atom. The second kappa shape index (κ2) is 16.2. The lowest BCUT2D eigenvalue weighted by Gasteiger charge is -2.32. The van der Waals surface area contributed by atoms with E-state index in [9.17, 15) is 0 Å². The Kier molecular flexibility index (Phi) is 14.5. The predicted molar refractivity (Wildman–Crippen MR) is 85.0 cm³/mol. The largest absolute Gasteiger partial charge is 0.361 e. The van der Waals surface area contributed by atoms with Gasteiger partial charge < -0.3 is 14.2 Å². The summed E-state index contributed by atoms with van der Waals surface area (Å²) in [6, 6.07) is 9.75. The van der Waals surface area contributed by atoms with Crippen LogP contribution in [0.25, 0.3) is 0 Å². The van der Waals surface area contributed by atoms with Gasteiger partial charge >= 0.3 is 0 Å². The van der Waals surface area contributed by atoms with E-state index >= 15 is 0 Å². The van der Waals surface area contributed by atoms with Crippen molar-refractivity contribution in [3.8, 4) is 30.3 Å². The number of ether oxygens (including phenoxy) is 3. The molecule has 0 fully saturated rings. The molecular weight excluding hydrogens is 322 g/mol. The second-order valence-corrected chi connectivity index (χ2v) is 5.05. The third-order valence-electron chi connectivity index (χ3n) is 3.35. The summed E-state index contributed by atoms with van der Waals surface area (Å²) in [5.41, 5.74) is 0. The molecule has 0 aromatic heterocycles. The summed E-state index contributed by atoms with van der Waals surface area (Å²) in [4.78, 5) is 0. The van der Waals surface area contributed by atoms with Crippen molar-refractivity contribution < 1.29 is 14.2 Å². The molecule has 0 aliphatic carbocycles. The Bertz CT molecular complexity index is 519. The van der Waals surface area contributed by atoms with Crippen LogP contribution in [0.15, 0.2) is 0 Å². The zero-order valence-corrected chi connectivity index (χ0v) is 14.1. The molecule has 0 aromatic rings. The van der Waals surface area contributed by atoms with E-state index in [0.717, 1.165) is 0 Å². The quantitative estimate of drug-likeness (QED) is 0.435. The maximum absolute atomic E-state index is 8.81. The van der Waals surface area contributed by atoms with Crippen LogP contribution in [-0.2, 0) is 14.2 Å². The zero-order chi connectivity index (χ0) is 18.8. The molecule has 0 rings (SSSR count). The highest BCUT2D eigenvalue weighted by Gasteiger charge is 2.31. The van der Waals surface area contributed by atoms with E-state index in [1.54, 1.807) is 0 Å². The molecule has 0 radical (unpaired) electrons. The van der Waals surface area contributed by atoms with Crippen molar-refractivity contribution in [2.75, 3.05) is 19.8 Å². The van der Waals surface area contributed by atoms with Gasteiger partial charge in [0.05, 0.1) is 42.6 Å². The van der Waals surface area contributed by atoms with Gasteiger partial charge in [-0.3, -0.25) is 0 Å². The molecule has 0 saturated heterocycles. The predicted octanol–water partition coefficient (Wildman–Crippen LogP) is 2.10. The molecule has 0 aliphatic rings. The van der Waals surface area contributed by atoms with Crippen LogP contribution in [-0.4, -0.2) is 38.1 Å². The summed E-state index contributed by atoms with van der Waals surface area (Å²) in [5.74, 6) is 0. The first-order valence-corrected chi connectivity index (χ1v) is 7.94. The van der Waals surface area contributed by atoms with Gasteiger partial charge in [0, 0.05) is 12.8 Å². The van der Waals surface area contributed by atoms with Crippen molar-refractivity contribution in [1.82, 2.24) is 0 Å². The maximum Gasteiger partial charge on any atom is 0.134 e. The van der Waals surface area contributed by atoms with Gasteiger partial charge in [-0.25, -0.2) is 0 Å². The molecule has 0 spiro atoms. The van der Waals surface area contributed by atoms with E-state index in [-0.39, 0.29) is 19.8 Å². The van der Waals surface area contributed by atoms with Gasteiger partial charge in [-0.1, -0.05) is 0 Å². The average Bonchev–Trinajstić information content (AvgIpc) is 2.63. The molecular formula is C17H21N5O3. The summed E-state index contributed by atoms with van der Waals surface area (Å²) in [6.07, 6.45) is 0.888. The van der Waals surface area contributed by atoms with Crippen molar-refractivity contribution in [3.63, 3.8) is 0 Å². The SMILES string of the molecule is N#CCCCC(OCC#N)C(OCC#N)C(CCCC#N)OCC#N. The minimum atomic E-state index is -0.668. The molecule has 0 aliphatic heterocycles. The fourth-order valence-corrected chi connectivity index (χ4v) is 2.33. The summed E-state index contributed by atoms with van der Waals surface area (Å²) in [5, 5.41) is 43.7. The molecule has 132 valence electrons. The van der Waals surface area contributed by atoms with Crippen LogP contribution < -0.4 is 0 Å². The number of hydrogen-bond donors (Lipinski definition) is 0. The van der Waals surface area contributed by atoms with E-state index in [2.05, 4.69) is 0 Å². The van der Waals surface area contributed by atoms with Crippen molar-refractivity contribution in [2.24, 2.45) is 0 Å². The van der Waals surface area contributed by atoms with Crippen LogP contribution in [0.1, 0.15) is 38.5 Å². The van der Waals surface area contributed by atoms with Crippen LogP contribution in [0.4, 0.5) is 0 Å². The molecule has 0 aromatic carbocycles. The van der Waals surface area contributed by atoms with Crippen molar-refractivity contribution in [1.29, 1.82) is 26.3 Å². The molecule has 0 bridgehead atoms. The molecule has 8 nitrogen and oxygen atoms in total. The highest BCUT2D eigenvalue weighted by Crippen LogP contribution is 2.21. The standard InChI is InChI=1S/C17H21N5O3/c18-7-3-1-5-15(23-12-9-20)17(25-14-11-22)16(24-13-10-21)6-2-4-8-19/h15-17H,1-6,12-14H2. The lowest BCUT2D eigenvalue weighted by Crippen LogP contribution is -2.43. The third-order valence-corrected chi connectivity index (χ3v) is 3.35. The first kappa shape index (κ1) is 22.3. The zero-order valence-electron chi connectivity index (χ0n) is 14.1. The highest BCUT2D eigenvalue weighted by atomic mass is 16.6. The second-order valence-electron chi connectivity index (χ2n) is 5.05. The van der Waals surface area contributed by atoms with E-state index in [4.69, 9.17) is 40.5 Å². The van der Waals surface area contributed by atoms with Crippen molar-refractivity contribution in [2.45, 2.75) is 56.8 Å². The molecule has 0 saturated carbocycles. The normalized spacial score (nSPS) is 13.2. The molecule has 0 heterocycles. The van der Waals surface area contributed by atoms with E-state index < -0.39 is 18.3 Å². The number of nitrogens with zero attached hydrogens (tertiary/aromatic N) is 5. The Hall–Kier alpha value is -2.67. The van der Waals surface area contributed by atoms with Crippen molar-refractivity contribution in [3.05, 3.63) is 0 Å². The maximum atomic E-state index is 8.81. The van der Waals surface area contributed by atoms with Crippen LogP contribution in [0, 0.1) is 56.7 Å². The van der Waals surface area contributed by atoms with Gasteiger partial charge in [0.1, 0.15) is 25.9 Å². The Balaban J connectivity index is 5.22. The topological polar surface area (TPSA) is 147 Å². The Morgan fingerprint density at radius 2 is 0.960 bits per heavy atom. The molecule has 2 atom stereocenters.